The third kappa shape index (κ3) is 3.83. The number of aliphatic hydroxyl groups excluding tert-OH is 1. The Morgan fingerprint density at radius 2 is 2.08 bits per heavy atom. The zero-order chi connectivity index (χ0) is 9.52. The molecular weight excluding hydrogens is 168 g/mol. The molecule has 2 N–H and O–H groups in total. The van der Waals surface area contributed by atoms with Crippen LogP contribution in [0.15, 0.2) is 5.18 Å². The number of nitrogens with one attached hydrogen (secondary N) is 1. The summed E-state index contributed by atoms with van der Waals surface area (Å²) in [7, 11) is 0. The Labute approximate surface area is 78.7 Å². The first-order valence-corrected chi connectivity index (χ1v) is 5.03. The summed E-state index contributed by atoms with van der Waals surface area (Å²) < 4.78 is 0. The molecule has 0 aromatic carbocycles. The van der Waals surface area contributed by atoms with E-state index in [9.17, 15) is 4.91 Å². The van der Waals surface area contributed by atoms with E-state index in [0.29, 0.717) is 6.04 Å². The number of rotatable bonds is 5. The van der Waals surface area contributed by atoms with Crippen LogP contribution in [0.2, 0.25) is 0 Å². The molecule has 0 radical (unpaired) electrons. The minimum Gasteiger partial charge on any atom is -0.395 e. The quantitative estimate of drug-likeness (QED) is 0.630. The summed E-state index contributed by atoms with van der Waals surface area (Å²) in [5.41, 5.74) is 0. The van der Waals surface area contributed by atoms with Crippen LogP contribution in [-0.4, -0.2) is 30.3 Å². The molecule has 0 aromatic rings. The van der Waals surface area contributed by atoms with Crippen LogP contribution in [0.4, 0.5) is 0 Å². The summed E-state index contributed by atoms with van der Waals surface area (Å²) in [5.74, 6) is 0. The van der Waals surface area contributed by atoms with E-state index in [1.54, 1.807) is 0 Å². The molecule has 1 aliphatic rings. The van der Waals surface area contributed by atoms with Gasteiger partial charge in [-0.15, -0.1) is 0 Å². The minimum atomic E-state index is -0.138. The molecule has 0 heterocycles. The SMILES string of the molecule is O=NCC(CO)NC1CCCCC1. The summed E-state index contributed by atoms with van der Waals surface area (Å²) in [4.78, 5) is 10.0. The van der Waals surface area contributed by atoms with Crippen molar-refractivity contribution in [2.24, 2.45) is 5.18 Å². The van der Waals surface area contributed by atoms with Gasteiger partial charge in [0.1, 0.15) is 0 Å². The molecule has 13 heavy (non-hydrogen) atoms. The Morgan fingerprint density at radius 1 is 1.38 bits per heavy atom. The predicted octanol–water partition coefficient (Wildman–Crippen LogP) is 1.04. The molecule has 1 saturated carbocycles. The molecule has 1 atom stereocenters. The van der Waals surface area contributed by atoms with E-state index in [1.165, 1.54) is 19.3 Å². The maximum absolute atomic E-state index is 10.0. The lowest BCUT2D eigenvalue weighted by Crippen LogP contribution is -2.43. The van der Waals surface area contributed by atoms with E-state index in [0.717, 1.165) is 12.8 Å². The largest absolute Gasteiger partial charge is 0.395 e. The number of nitrogens with zero attached hydrogens (tertiary/aromatic N) is 1. The lowest BCUT2D eigenvalue weighted by atomic mass is 9.95. The summed E-state index contributed by atoms with van der Waals surface area (Å²) in [5, 5.41) is 15.0. The maximum atomic E-state index is 10.0. The van der Waals surface area contributed by atoms with Crippen molar-refractivity contribution in [2.45, 2.75) is 44.2 Å². The van der Waals surface area contributed by atoms with E-state index < -0.39 is 0 Å². The number of nitroso groups, excluding NO2 is 1. The van der Waals surface area contributed by atoms with Gasteiger partial charge in [0, 0.05) is 6.04 Å². The normalized spacial score (nSPS) is 21.3. The van der Waals surface area contributed by atoms with E-state index in [1.807, 2.05) is 0 Å². The van der Waals surface area contributed by atoms with Crippen molar-refractivity contribution in [2.75, 3.05) is 13.2 Å². The Morgan fingerprint density at radius 3 is 2.62 bits per heavy atom. The van der Waals surface area contributed by atoms with Gasteiger partial charge in [-0.05, 0) is 12.8 Å². The summed E-state index contributed by atoms with van der Waals surface area (Å²) >= 11 is 0. The van der Waals surface area contributed by atoms with Crippen molar-refractivity contribution < 1.29 is 5.11 Å². The average Bonchev–Trinajstić information content (AvgIpc) is 2.19. The van der Waals surface area contributed by atoms with E-state index in [2.05, 4.69) is 10.5 Å². The van der Waals surface area contributed by atoms with Crippen LogP contribution in [-0.2, 0) is 0 Å². The summed E-state index contributed by atoms with van der Waals surface area (Å²) in [6.45, 7) is 0.176. The van der Waals surface area contributed by atoms with Gasteiger partial charge < -0.3 is 10.4 Å². The summed E-state index contributed by atoms with van der Waals surface area (Å²) in [6, 6.07) is 0.341. The standard InChI is InChI=1S/C9H18N2O2/c12-7-9(6-10-13)11-8-4-2-1-3-5-8/h8-9,11-12H,1-7H2. The molecule has 0 aromatic heterocycles. The van der Waals surface area contributed by atoms with Crippen LogP contribution in [0.5, 0.6) is 0 Å². The topological polar surface area (TPSA) is 61.7 Å². The van der Waals surface area contributed by atoms with Crippen molar-refractivity contribution in [3.63, 3.8) is 0 Å². The number of hydrogen-bond acceptors (Lipinski definition) is 4. The fourth-order valence-corrected chi connectivity index (χ4v) is 1.86. The van der Waals surface area contributed by atoms with E-state index >= 15 is 0 Å². The van der Waals surface area contributed by atoms with Gasteiger partial charge in [0.2, 0.25) is 0 Å². The Hall–Kier alpha value is -0.480. The molecule has 76 valence electrons. The molecule has 4 heteroatoms. The molecule has 0 amide bonds. The van der Waals surface area contributed by atoms with Gasteiger partial charge in [0.05, 0.1) is 19.2 Å². The second kappa shape index (κ2) is 6.05. The van der Waals surface area contributed by atoms with Crippen molar-refractivity contribution in [3.8, 4) is 0 Å². The van der Waals surface area contributed by atoms with Crippen molar-refractivity contribution in [3.05, 3.63) is 4.91 Å². The van der Waals surface area contributed by atoms with Crippen molar-refractivity contribution >= 4 is 0 Å². The highest BCUT2D eigenvalue weighted by molar-refractivity contribution is 4.78. The second-order valence-electron chi connectivity index (χ2n) is 3.69. The van der Waals surface area contributed by atoms with Crippen molar-refractivity contribution in [1.29, 1.82) is 0 Å². The molecule has 0 spiro atoms. The first-order valence-electron chi connectivity index (χ1n) is 5.03. The zero-order valence-electron chi connectivity index (χ0n) is 7.91. The highest BCUT2D eigenvalue weighted by atomic mass is 16.3. The van der Waals surface area contributed by atoms with Crippen LogP contribution >= 0.6 is 0 Å². The molecule has 0 bridgehead atoms. The van der Waals surface area contributed by atoms with Gasteiger partial charge in [0.25, 0.3) is 0 Å². The molecule has 4 nitrogen and oxygen atoms in total. The molecule has 1 fully saturated rings. The Bertz CT molecular complexity index is 147. The van der Waals surface area contributed by atoms with Crippen LogP contribution in [0.3, 0.4) is 0 Å². The first-order chi connectivity index (χ1) is 6.36. The van der Waals surface area contributed by atoms with Crippen LogP contribution < -0.4 is 5.32 Å². The van der Waals surface area contributed by atoms with Crippen LogP contribution in [0, 0.1) is 4.91 Å². The van der Waals surface area contributed by atoms with Gasteiger partial charge in [-0.1, -0.05) is 24.4 Å². The van der Waals surface area contributed by atoms with Crippen molar-refractivity contribution in [1.82, 2.24) is 5.32 Å². The maximum Gasteiger partial charge on any atom is 0.0986 e. The fourth-order valence-electron chi connectivity index (χ4n) is 1.86. The average molecular weight is 186 g/mol. The van der Waals surface area contributed by atoms with Gasteiger partial charge in [-0.2, -0.15) is 4.91 Å². The zero-order valence-corrected chi connectivity index (χ0v) is 7.91. The number of hydrogen-bond donors (Lipinski definition) is 2. The Kier molecular flexibility index (Phi) is 4.93. The fraction of sp³-hybridized carbons (Fsp3) is 1.00. The van der Waals surface area contributed by atoms with Gasteiger partial charge in [-0.3, -0.25) is 0 Å². The molecule has 1 unspecified atom stereocenters. The Balaban J connectivity index is 2.22. The second-order valence-corrected chi connectivity index (χ2v) is 3.69. The van der Waals surface area contributed by atoms with Gasteiger partial charge in [0.15, 0.2) is 0 Å². The molecule has 1 rings (SSSR count). The van der Waals surface area contributed by atoms with E-state index in [-0.39, 0.29) is 19.2 Å². The lowest BCUT2D eigenvalue weighted by molar-refractivity contribution is 0.222. The number of aliphatic hydroxyl groups is 1. The predicted molar refractivity (Wildman–Crippen MR) is 51.5 cm³/mol. The van der Waals surface area contributed by atoms with Gasteiger partial charge in [-0.25, -0.2) is 0 Å². The first kappa shape index (κ1) is 10.6. The molecule has 1 aliphatic carbocycles. The molecule has 0 saturated heterocycles. The highest BCUT2D eigenvalue weighted by Crippen LogP contribution is 2.17. The monoisotopic (exact) mass is 186 g/mol. The third-order valence-electron chi connectivity index (χ3n) is 2.59. The third-order valence-corrected chi connectivity index (χ3v) is 2.59. The minimum absolute atomic E-state index is 0.00222. The van der Waals surface area contributed by atoms with E-state index in [4.69, 9.17) is 5.11 Å². The molecular formula is C9H18N2O2. The highest BCUT2D eigenvalue weighted by Gasteiger charge is 2.17. The summed E-state index contributed by atoms with van der Waals surface area (Å²) in [6.07, 6.45) is 6.15. The van der Waals surface area contributed by atoms with Crippen LogP contribution in [0.1, 0.15) is 32.1 Å². The smallest absolute Gasteiger partial charge is 0.0986 e. The van der Waals surface area contributed by atoms with Gasteiger partial charge >= 0.3 is 0 Å². The molecule has 0 aliphatic heterocycles. The lowest BCUT2D eigenvalue weighted by Gasteiger charge is -2.26. The van der Waals surface area contributed by atoms with Crippen LogP contribution in [0.25, 0.3) is 0 Å².